The Kier molecular flexibility index (Phi) is 10.6. The molecule has 6 N–H and O–H groups in total. The number of piperidine rings is 1. The number of ether oxygens (including phenoxy) is 1. The molecular formula is C32H32ClN7O6. The Balaban J connectivity index is 0.00000480. The molecule has 0 radical (unpaired) electrons. The number of carbonyl (C=O) groups excluding carboxylic acids is 2. The topological polar surface area (TPSA) is 196 Å². The molecule has 0 aliphatic carbocycles. The number of carbonyl (C=O) groups is 2. The van der Waals surface area contributed by atoms with Crippen LogP contribution >= 0.6 is 12.4 Å². The van der Waals surface area contributed by atoms with Crippen LogP contribution in [-0.4, -0.2) is 57.4 Å². The molecule has 0 unspecified atom stereocenters. The molecule has 46 heavy (non-hydrogen) atoms. The molecule has 1 saturated heterocycles. The molecule has 0 saturated carbocycles. The molecule has 1 aliphatic rings. The van der Waals surface area contributed by atoms with E-state index in [4.69, 9.17) is 20.7 Å². The largest absolute Gasteiger partial charge is 0.507 e. The van der Waals surface area contributed by atoms with Crippen LogP contribution in [0.5, 0.6) is 11.5 Å². The summed E-state index contributed by atoms with van der Waals surface area (Å²) in [6.45, 7) is 1.01. The molecule has 0 atom stereocenters. The van der Waals surface area contributed by atoms with Crippen molar-refractivity contribution in [1.29, 1.82) is 5.26 Å². The Morgan fingerprint density at radius 3 is 2.33 bits per heavy atom. The quantitative estimate of drug-likeness (QED) is 0.140. The maximum Gasteiger partial charge on any atom is 0.278 e. The molecule has 14 heteroatoms. The number of halogens is 1. The smallest absolute Gasteiger partial charge is 0.278 e. The van der Waals surface area contributed by atoms with Gasteiger partial charge in [-0.05, 0) is 54.8 Å². The first-order valence-electron chi connectivity index (χ1n) is 14.1. The summed E-state index contributed by atoms with van der Waals surface area (Å²) >= 11 is 0. The van der Waals surface area contributed by atoms with Gasteiger partial charge in [0.25, 0.3) is 17.4 Å². The van der Waals surface area contributed by atoms with Crippen molar-refractivity contribution in [1.82, 2.24) is 15.0 Å². The zero-order chi connectivity index (χ0) is 32.1. The standard InChI is InChI=1S/C32H31N7O6.ClH/c1-38-31(43)28(29(21-4-2-19(17-33)3-5-21)36-32(38)39-14-12-22(34)13-15-39)20-6-9-24(10-7-20)45-18-27(41)35-23-8-11-25(26(40)16-23)30(42)37-44;/h2-11,16,22,40,44H,12-15,18,34H2,1H3,(H,35,41)(H,37,42);1H. The van der Waals surface area contributed by atoms with E-state index in [1.165, 1.54) is 28.2 Å². The third-order valence-corrected chi connectivity index (χ3v) is 7.52. The molecule has 1 aliphatic heterocycles. The van der Waals surface area contributed by atoms with Crippen LogP contribution in [0, 0.1) is 11.3 Å². The summed E-state index contributed by atoms with van der Waals surface area (Å²) in [6, 6.07) is 19.6. The average Bonchev–Trinajstić information content (AvgIpc) is 3.05. The number of nitrogens with two attached hydrogens (primary N) is 1. The predicted octanol–water partition coefficient (Wildman–Crippen LogP) is 3.18. The summed E-state index contributed by atoms with van der Waals surface area (Å²) in [6.07, 6.45) is 1.59. The molecule has 0 spiro atoms. The molecule has 2 amide bonds. The van der Waals surface area contributed by atoms with Crippen molar-refractivity contribution in [3.63, 3.8) is 0 Å². The normalized spacial score (nSPS) is 12.9. The van der Waals surface area contributed by atoms with Crippen molar-refractivity contribution in [2.75, 3.05) is 29.9 Å². The van der Waals surface area contributed by atoms with E-state index in [1.54, 1.807) is 55.6 Å². The van der Waals surface area contributed by atoms with Gasteiger partial charge in [-0.25, -0.2) is 10.5 Å². The lowest BCUT2D eigenvalue weighted by molar-refractivity contribution is -0.118. The number of nitriles is 1. The van der Waals surface area contributed by atoms with Crippen molar-refractivity contribution in [3.8, 4) is 40.0 Å². The van der Waals surface area contributed by atoms with Crippen LogP contribution in [-0.2, 0) is 11.8 Å². The van der Waals surface area contributed by atoms with Crippen LogP contribution < -0.4 is 31.7 Å². The fourth-order valence-electron chi connectivity index (χ4n) is 5.07. The number of nitrogens with one attached hydrogen (secondary N) is 2. The van der Waals surface area contributed by atoms with E-state index in [0.717, 1.165) is 12.8 Å². The summed E-state index contributed by atoms with van der Waals surface area (Å²) in [4.78, 5) is 44.9. The molecule has 13 nitrogen and oxygen atoms in total. The fourth-order valence-corrected chi connectivity index (χ4v) is 5.07. The van der Waals surface area contributed by atoms with E-state index < -0.39 is 17.6 Å². The summed E-state index contributed by atoms with van der Waals surface area (Å²) < 4.78 is 7.16. The van der Waals surface area contributed by atoms with Crippen molar-refractivity contribution in [3.05, 3.63) is 88.2 Å². The van der Waals surface area contributed by atoms with E-state index in [1.807, 2.05) is 0 Å². The molecule has 3 aromatic carbocycles. The molecule has 1 aromatic heterocycles. The average molecular weight is 646 g/mol. The van der Waals surface area contributed by atoms with Gasteiger partial charge in [-0.1, -0.05) is 24.3 Å². The predicted molar refractivity (Wildman–Crippen MR) is 173 cm³/mol. The number of phenols is 1. The van der Waals surface area contributed by atoms with E-state index in [2.05, 4.69) is 16.3 Å². The van der Waals surface area contributed by atoms with Crippen molar-refractivity contribution in [2.45, 2.75) is 18.9 Å². The zero-order valence-electron chi connectivity index (χ0n) is 24.8. The second-order valence-electron chi connectivity index (χ2n) is 10.5. The van der Waals surface area contributed by atoms with Gasteiger partial charge in [-0.3, -0.25) is 24.2 Å². The highest BCUT2D eigenvalue weighted by molar-refractivity contribution is 5.98. The van der Waals surface area contributed by atoms with Crippen LogP contribution in [0.3, 0.4) is 0 Å². The highest BCUT2D eigenvalue weighted by atomic mass is 35.5. The van der Waals surface area contributed by atoms with Crippen LogP contribution in [0.25, 0.3) is 22.4 Å². The monoisotopic (exact) mass is 645 g/mol. The van der Waals surface area contributed by atoms with Gasteiger partial charge in [0.2, 0.25) is 5.95 Å². The number of nitrogens with zero attached hydrogens (tertiary/aromatic N) is 4. The Bertz CT molecular complexity index is 1830. The Labute approximate surface area is 270 Å². The van der Waals surface area contributed by atoms with Crippen molar-refractivity contribution in [2.24, 2.45) is 12.8 Å². The summed E-state index contributed by atoms with van der Waals surface area (Å²) in [7, 11) is 1.69. The van der Waals surface area contributed by atoms with E-state index in [-0.39, 0.29) is 41.9 Å². The van der Waals surface area contributed by atoms with Gasteiger partial charge in [-0.2, -0.15) is 5.26 Å². The number of aromatic hydroxyl groups is 1. The van der Waals surface area contributed by atoms with Crippen LogP contribution in [0.1, 0.15) is 28.8 Å². The number of rotatable bonds is 8. The minimum atomic E-state index is -0.891. The van der Waals surface area contributed by atoms with Crippen LogP contribution in [0.2, 0.25) is 0 Å². The zero-order valence-corrected chi connectivity index (χ0v) is 25.6. The molecule has 2 heterocycles. The van der Waals surface area contributed by atoms with Crippen molar-refractivity contribution < 1.29 is 24.6 Å². The van der Waals surface area contributed by atoms with Crippen LogP contribution in [0.15, 0.2) is 71.5 Å². The minimum absolute atomic E-state index is 0. The number of aromatic nitrogens is 2. The van der Waals surface area contributed by atoms with Gasteiger partial charge in [0, 0.05) is 43.5 Å². The van der Waals surface area contributed by atoms with Gasteiger partial charge >= 0.3 is 0 Å². The SMILES string of the molecule is Cl.Cn1c(N2CCC(N)CC2)nc(-c2ccc(C#N)cc2)c(-c2ccc(OCC(=O)Nc3ccc(C(=O)NO)c(O)c3)cc2)c1=O. The van der Waals surface area contributed by atoms with Gasteiger partial charge in [0.15, 0.2) is 6.61 Å². The second kappa shape index (κ2) is 14.6. The lowest BCUT2D eigenvalue weighted by Gasteiger charge is -2.32. The van der Waals surface area contributed by atoms with E-state index >= 15 is 0 Å². The third kappa shape index (κ3) is 7.27. The lowest BCUT2D eigenvalue weighted by Crippen LogP contribution is -2.42. The lowest BCUT2D eigenvalue weighted by atomic mass is 9.99. The molecule has 5 rings (SSSR count). The van der Waals surface area contributed by atoms with E-state index in [0.29, 0.717) is 52.7 Å². The summed E-state index contributed by atoms with van der Waals surface area (Å²) in [5.74, 6) is -0.922. The van der Waals surface area contributed by atoms with Crippen molar-refractivity contribution >= 4 is 35.9 Å². The highest BCUT2D eigenvalue weighted by Crippen LogP contribution is 2.32. The minimum Gasteiger partial charge on any atom is -0.507 e. The number of hydrogen-bond acceptors (Lipinski definition) is 10. The first-order chi connectivity index (χ1) is 21.7. The molecule has 238 valence electrons. The van der Waals surface area contributed by atoms with Gasteiger partial charge in [-0.15, -0.1) is 12.4 Å². The number of hydrogen-bond donors (Lipinski definition) is 5. The molecule has 4 aromatic rings. The number of benzene rings is 3. The maximum absolute atomic E-state index is 13.9. The van der Waals surface area contributed by atoms with Crippen LogP contribution in [0.4, 0.5) is 11.6 Å². The Morgan fingerprint density at radius 1 is 1.07 bits per heavy atom. The number of anilines is 2. The van der Waals surface area contributed by atoms with Gasteiger partial charge in [0.1, 0.15) is 11.5 Å². The molecule has 0 bridgehead atoms. The Hall–Kier alpha value is -5.42. The Morgan fingerprint density at radius 2 is 1.72 bits per heavy atom. The first-order valence-corrected chi connectivity index (χ1v) is 14.1. The summed E-state index contributed by atoms with van der Waals surface area (Å²) in [5, 5.41) is 30.5. The fraction of sp³-hybridized carbons (Fsp3) is 0.219. The van der Waals surface area contributed by atoms with E-state index in [9.17, 15) is 24.8 Å². The summed E-state index contributed by atoms with van der Waals surface area (Å²) in [5.41, 5.74) is 9.96. The number of amides is 2. The van der Waals surface area contributed by atoms with Gasteiger partial charge < -0.3 is 25.8 Å². The third-order valence-electron chi connectivity index (χ3n) is 7.52. The second-order valence-corrected chi connectivity index (χ2v) is 10.5. The molecular weight excluding hydrogens is 614 g/mol. The highest BCUT2D eigenvalue weighted by Gasteiger charge is 2.24. The van der Waals surface area contributed by atoms with Gasteiger partial charge in [0.05, 0.1) is 28.5 Å². The number of hydroxylamine groups is 1. The first kappa shape index (κ1) is 33.5. The number of phenolic OH excluding ortho intramolecular Hbond substituents is 1. The maximum atomic E-state index is 13.9. The molecule has 1 fully saturated rings.